The highest BCUT2D eigenvalue weighted by Gasteiger charge is 2.33. The molecular weight excluding hydrogens is 381 g/mol. The standard InChI is InChI=1S/C19H12F5N3O/c20-13-5-3-6-14(21)17(13)27-18(28)16-9-8-11(10-25-16)26-15-7-2-1-4-12(15)19(22,23)24/h1-10,26H,(H,27,28). The van der Waals surface area contributed by atoms with Gasteiger partial charge in [0.15, 0.2) is 0 Å². The van der Waals surface area contributed by atoms with Gasteiger partial charge in [0.25, 0.3) is 5.91 Å². The monoisotopic (exact) mass is 393 g/mol. The summed E-state index contributed by atoms with van der Waals surface area (Å²) in [6.07, 6.45) is -3.40. The Kier molecular flexibility index (Phi) is 5.25. The van der Waals surface area contributed by atoms with Crippen molar-refractivity contribution in [3.05, 3.63) is 83.7 Å². The molecule has 1 aromatic heterocycles. The Morgan fingerprint density at radius 1 is 0.893 bits per heavy atom. The first-order valence-corrected chi connectivity index (χ1v) is 7.90. The molecule has 0 saturated carbocycles. The summed E-state index contributed by atoms with van der Waals surface area (Å²) in [5.41, 5.74) is -1.62. The number of benzene rings is 2. The Balaban J connectivity index is 1.77. The molecule has 2 aromatic carbocycles. The molecule has 1 heterocycles. The molecular formula is C19H12F5N3O. The minimum Gasteiger partial charge on any atom is -0.354 e. The number of para-hydroxylation sites is 2. The van der Waals surface area contributed by atoms with Crippen molar-refractivity contribution in [1.29, 1.82) is 0 Å². The molecule has 1 amide bonds. The third kappa shape index (κ3) is 4.25. The van der Waals surface area contributed by atoms with Crippen molar-refractivity contribution in [2.75, 3.05) is 10.6 Å². The summed E-state index contributed by atoms with van der Waals surface area (Å²) >= 11 is 0. The van der Waals surface area contributed by atoms with Gasteiger partial charge >= 0.3 is 6.18 Å². The number of hydrogen-bond donors (Lipinski definition) is 2. The van der Waals surface area contributed by atoms with Crippen molar-refractivity contribution in [3.8, 4) is 0 Å². The second-order valence-corrected chi connectivity index (χ2v) is 5.65. The lowest BCUT2D eigenvalue weighted by molar-refractivity contribution is -0.136. The van der Waals surface area contributed by atoms with Gasteiger partial charge in [0.1, 0.15) is 23.0 Å². The zero-order chi connectivity index (χ0) is 20.3. The molecule has 28 heavy (non-hydrogen) atoms. The molecule has 0 fully saturated rings. The molecule has 0 radical (unpaired) electrons. The van der Waals surface area contributed by atoms with E-state index in [1.807, 2.05) is 0 Å². The van der Waals surface area contributed by atoms with E-state index in [2.05, 4.69) is 15.6 Å². The molecule has 0 aliphatic carbocycles. The van der Waals surface area contributed by atoms with E-state index in [0.29, 0.717) is 0 Å². The third-order valence-corrected chi connectivity index (χ3v) is 3.71. The summed E-state index contributed by atoms with van der Waals surface area (Å²) in [6.45, 7) is 0. The van der Waals surface area contributed by atoms with E-state index in [0.717, 1.165) is 30.5 Å². The maximum Gasteiger partial charge on any atom is 0.418 e. The van der Waals surface area contributed by atoms with E-state index < -0.39 is 35.0 Å². The predicted molar refractivity (Wildman–Crippen MR) is 93.3 cm³/mol. The number of pyridine rings is 1. The first-order valence-electron chi connectivity index (χ1n) is 7.90. The molecule has 2 N–H and O–H groups in total. The van der Waals surface area contributed by atoms with Crippen LogP contribution in [0, 0.1) is 11.6 Å². The number of amides is 1. The number of aromatic nitrogens is 1. The highest BCUT2D eigenvalue weighted by Crippen LogP contribution is 2.35. The number of halogens is 5. The van der Waals surface area contributed by atoms with Crippen LogP contribution in [0.2, 0.25) is 0 Å². The fourth-order valence-corrected chi connectivity index (χ4v) is 2.39. The molecule has 144 valence electrons. The molecule has 9 heteroatoms. The highest BCUT2D eigenvalue weighted by molar-refractivity contribution is 6.03. The third-order valence-electron chi connectivity index (χ3n) is 3.71. The molecule has 0 saturated heterocycles. The molecule has 0 spiro atoms. The number of anilines is 3. The van der Waals surface area contributed by atoms with Crippen molar-refractivity contribution in [2.24, 2.45) is 0 Å². The lowest BCUT2D eigenvalue weighted by Gasteiger charge is -2.14. The minimum atomic E-state index is -4.54. The topological polar surface area (TPSA) is 54.0 Å². The Bertz CT molecular complexity index is 983. The van der Waals surface area contributed by atoms with Crippen LogP contribution in [-0.4, -0.2) is 10.9 Å². The smallest absolute Gasteiger partial charge is 0.354 e. The maximum atomic E-state index is 13.6. The normalized spacial score (nSPS) is 11.2. The van der Waals surface area contributed by atoms with E-state index in [9.17, 15) is 26.7 Å². The van der Waals surface area contributed by atoms with Crippen LogP contribution in [0.15, 0.2) is 60.8 Å². The van der Waals surface area contributed by atoms with Gasteiger partial charge in [-0.15, -0.1) is 0 Å². The van der Waals surface area contributed by atoms with E-state index in [-0.39, 0.29) is 17.1 Å². The summed E-state index contributed by atoms with van der Waals surface area (Å²) in [4.78, 5) is 15.9. The van der Waals surface area contributed by atoms with E-state index in [1.54, 1.807) is 0 Å². The largest absolute Gasteiger partial charge is 0.418 e. The zero-order valence-electron chi connectivity index (χ0n) is 14.0. The van der Waals surface area contributed by atoms with Gasteiger partial charge in [-0.25, -0.2) is 13.8 Å². The number of carbonyl (C=O) groups excluding carboxylic acids is 1. The van der Waals surface area contributed by atoms with Crippen LogP contribution in [0.4, 0.5) is 39.0 Å². The molecule has 0 unspecified atom stereocenters. The average molecular weight is 393 g/mol. The highest BCUT2D eigenvalue weighted by atomic mass is 19.4. The second kappa shape index (κ2) is 7.63. The van der Waals surface area contributed by atoms with Crippen LogP contribution in [0.1, 0.15) is 16.1 Å². The number of rotatable bonds is 4. The van der Waals surface area contributed by atoms with Crippen molar-refractivity contribution < 1.29 is 26.7 Å². The van der Waals surface area contributed by atoms with Crippen LogP contribution in [-0.2, 0) is 6.18 Å². The van der Waals surface area contributed by atoms with Crippen molar-refractivity contribution >= 4 is 23.0 Å². The van der Waals surface area contributed by atoms with Gasteiger partial charge in [-0.2, -0.15) is 13.2 Å². The Labute approximate surface area is 156 Å². The van der Waals surface area contributed by atoms with Crippen molar-refractivity contribution in [1.82, 2.24) is 4.98 Å². The van der Waals surface area contributed by atoms with Crippen LogP contribution < -0.4 is 10.6 Å². The summed E-state index contributed by atoms with van der Waals surface area (Å²) in [5, 5.41) is 4.65. The van der Waals surface area contributed by atoms with E-state index >= 15 is 0 Å². The average Bonchev–Trinajstić information content (AvgIpc) is 2.65. The summed E-state index contributed by atoms with van der Waals surface area (Å²) in [6, 6.07) is 10.5. The lowest BCUT2D eigenvalue weighted by atomic mass is 10.1. The zero-order valence-corrected chi connectivity index (χ0v) is 14.0. The van der Waals surface area contributed by atoms with E-state index in [4.69, 9.17) is 0 Å². The predicted octanol–water partition coefficient (Wildman–Crippen LogP) is 5.37. The van der Waals surface area contributed by atoms with Crippen LogP contribution in [0.5, 0.6) is 0 Å². The quantitative estimate of drug-likeness (QED) is 0.586. The Morgan fingerprint density at radius 3 is 2.18 bits per heavy atom. The molecule has 0 aliphatic rings. The first kappa shape index (κ1) is 19.3. The van der Waals surface area contributed by atoms with Crippen molar-refractivity contribution in [2.45, 2.75) is 6.18 Å². The molecule has 0 bridgehead atoms. The van der Waals surface area contributed by atoms with Gasteiger partial charge in [-0.3, -0.25) is 4.79 Å². The van der Waals surface area contributed by atoms with Gasteiger partial charge in [0.05, 0.1) is 23.1 Å². The van der Waals surface area contributed by atoms with Crippen molar-refractivity contribution in [3.63, 3.8) is 0 Å². The van der Waals surface area contributed by atoms with Gasteiger partial charge < -0.3 is 10.6 Å². The van der Waals surface area contributed by atoms with Gasteiger partial charge in [-0.05, 0) is 36.4 Å². The molecule has 0 aliphatic heterocycles. The number of nitrogens with zero attached hydrogens (tertiary/aromatic N) is 1. The van der Waals surface area contributed by atoms with E-state index in [1.165, 1.54) is 30.3 Å². The number of hydrogen-bond acceptors (Lipinski definition) is 3. The number of nitrogens with one attached hydrogen (secondary N) is 2. The summed E-state index contributed by atoms with van der Waals surface area (Å²) in [7, 11) is 0. The molecule has 0 atom stereocenters. The summed E-state index contributed by atoms with van der Waals surface area (Å²) in [5.74, 6) is -2.77. The molecule has 3 rings (SSSR count). The second-order valence-electron chi connectivity index (χ2n) is 5.65. The number of carbonyl (C=O) groups is 1. The van der Waals surface area contributed by atoms with Crippen LogP contribution in [0.25, 0.3) is 0 Å². The maximum absolute atomic E-state index is 13.6. The summed E-state index contributed by atoms with van der Waals surface area (Å²) < 4.78 is 66.3. The Morgan fingerprint density at radius 2 is 1.57 bits per heavy atom. The van der Waals surface area contributed by atoms with Gasteiger partial charge in [0, 0.05) is 0 Å². The first-order chi connectivity index (χ1) is 13.3. The molecule has 3 aromatic rings. The lowest BCUT2D eigenvalue weighted by Crippen LogP contribution is -2.15. The SMILES string of the molecule is O=C(Nc1c(F)cccc1F)c1ccc(Nc2ccccc2C(F)(F)F)cn1. The fraction of sp³-hybridized carbons (Fsp3) is 0.0526. The van der Waals surface area contributed by atoms with Crippen LogP contribution in [0.3, 0.4) is 0 Å². The number of alkyl halides is 3. The Hall–Kier alpha value is -3.49. The minimum absolute atomic E-state index is 0.169. The van der Waals surface area contributed by atoms with Gasteiger partial charge in [-0.1, -0.05) is 18.2 Å². The van der Waals surface area contributed by atoms with Crippen LogP contribution >= 0.6 is 0 Å². The fourth-order valence-electron chi connectivity index (χ4n) is 2.39. The van der Waals surface area contributed by atoms with Gasteiger partial charge in [0.2, 0.25) is 0 Å². The molecule has 4 nitrogen and oxygen atoms in total.